The molecule has 1 atom stereocenters. The molecule has 0 radical (unpaired) electrons. The molecule has 1 rings (SSSR count). The van der Waals surface area contributed by atoms with Crippen molar-refractivity contribution in [3.63, 3.8) is 0 Å². The molecule has 0 bridgehead atoms. The minimum Gasteiger partial charge on any atom is -0.478 e. The van der Waals surface area contributed by atoms with Gasteiger partial charge in [0.05, 0.1) is 4.92 Å². The molecule has 1 aliphatic carbocycles. The van der Waals surface area contributed by atoms with Crippen LogP contribution in [0.25, 0.3) is 0 Å². The molecule has 1 unspecified atom stereocenters. The predicted molar refractivity (Wildman–Crippen MR) is 55.9 cm³/mol. The van der Waals surface area contributed by atoms with Crippen LogP contribution in [0, 0.1) is 10.1 Å². The molecule has 0 aromatic rings. The Morgan fingerprint density at radius 2 is 2.33 bits per heavy atom. The van der Waals surface area contributed by atoms with Crippen LogP contribution in [-0.4, -0.2) is 20.4 Å². The van der Waals surface area contributed by atoms with Gasteiger partial charge in [-0.1, -0.05) is 15.9 Å². The number of allylic oxidation sites excluding steroid dienone is 1. The Morgan fingerprint density at radius 1 is 1.80 bits per heavy atom. The minimum absolute atomic E-state index is 0.0194. The monoisotopic (exact) mass is 276 g/mol. The molecular formula is C8H9BrN2O4. The van der Waals surface area contributed by atoms with Crippen LogP contribution in [0.2, 0.25) is 0 Å². The number of carboxylic acid groups (broad SMARTS) is 1. The fourth-order valence-corrected chi connectivity index (χ4v) is 1.78. The number of nitro groups is 1. The predicted octanol–water partition coefficient (Wildman–Crippen LogP) is 1.00. The Hall–Kier alpha value is -1.21. The Bertz CT molecular complexity index is 397. The van der Waals surface area contributed by atoms with Crippen molar-refractivity contribution in [3.05, 3.63) is 33.0 Å². The Kier molecular flexibility index (Phi) is 2.96. The molecule has 0 saturated heterocycles. The Labute approximate surface area is 93.7 Å². The van der Waals surface area contributed by atoms with E-state index in [-0.39, 0.29) is 17.7 Å². The number of hydrogen-bond acceptors (Lipinski definition) is 4. The van der Waals surface area contributed by atoms with Crippen molar-refractivity contribution in [2.45, 2.75) is 17.8 Å². The molecule has 0 saturated carbocycles. The first-order chi connectivity index (χ1) is 6.75. The van der Waals surface area contributed by atoms with Gasteiger partial charge < -0.3 is 10.8 Å². The van der Waals surface area contributed by atoms with Crippen molar-refractivity contribution >= 4 is 21.9 Å². The SMILES string of the molecule is CC1=C([N+](=O)[O-])C=C(C(=O)O)CC1(N)Br. The highest BCUT2D eigenvalue weighted by atomic mass is 79.9. The van der Waals surface area contributed by atoms with Gasteiger partial charge >= 0.3 is 5.97 Å². The zero-order valence-corrected chi connectivity index (χ0v) is 9.44. The van der Waals surface area contributed by atoms with E-state index in [1.165, 1.54) is 6.92 Å². The summed E-state index contributed by atoms with van der Waals surface area (Å²) in [5, 5.41) is 19.4. The van der Waals surface area contributed by atoms with Crippen molar-refractivity contribution in [1.29, 1.82) is 0 Å². The summed E-state index contributed by atoms with van der Waals surface area (Å²) < 4.78 is -1.15. The first-order valence-corrected chi connectivity index (χ1v) is 4.82. The zero-order valence-electron chi connectivity index (χ0n) is 7.86. The first-order valence-electron chi connectivity index (χ1n) is 4.03. The number of nitrogens with two attached hydrogens (primary N) is 1. The lowest BCUT2D eigenvalue weighted by Crippen LogP contribution is -2.38. The van der Waals surface area contributed by atoms with E-state index in [9.17, 15) is 14.9 Å². The third kappa shape index (κ3) is 2.24. The third-order valence-corrected chi connectivity index (χ3v) is 3.11. The van der Waals surface area contributed by atoms with Crippen molar-refractivity contribution in [2.75, 3.05) is 0 Å². The number of hydrogen-bond donors (Lipinski definition) is 2. The molecular weight excluding hydrogens is 268 g/mol. The van der Waals surface area contributed by atoms with Gasteiger partial charge in [0, 0.05) is 23.6 Å². The van der Waals surface area contributed by atoms with Crippen molar-refractivity contribution in [3.8, 4) is 0 Å². The summed E-state index contributed by atoms with van der Waals surface area (Å²) in [7, 11) is 0. The summed E-state index contributed by atoms with van der Waals surface area (Å²) >= 11 is 3.09. The number of carbonyl (C=O) groups is 1. The van der Waals surface area contributed by atoms with E-state index in [1.54, 1.807) is 0 Å². The van der Waals surface area contributed by atoms with Gasteiger partial charge in [0.15, 0.2) is 0 Å². The molecule has 1 aliphatic rings. The molecule has 15 heavy (non-hydrogen) atoms. The molecule has 0 spiro atoms. The Balaban J connectivity index is 3.30. The highest BCUT2D eigenvalue weighted by Crippen LogP contribution is 2.35. The highest BCUT2D eigenvalue weighted by Gasteiger charge is 2.37. The number of aliphatic carboxylic acids is 1. The zero-order chi connectivity index (χ0) is 11.8. The summed E-state index contributed by atoms with van der Waals surface area (Å²) in [4.78, 5) is 20.7. The maximum atomic E-state index is 10.7. The lowest BCUT2D eigenvalue weighted by atomic mass is 9.92. The van der Waals surface area contributed by atoms with Gasteiger partial charge in [0.2, 0.25) is 0 Å². The van der Waals surface area contributed by atoms with Gasteiger partial charge in [-0.25, -0.2) is 4.79 Å². The first kappa shape index (κ1) is 11.9. The van der Waals surface area contributed by atoms with Crippen LogP contribution in [0.3, 0.4) is 0 Å². The van der Waals surface area contributed by atoms with Gasteiger partial charge in [0.25, 0.3) is 5.70 Å². The van der Waals surface area contributed by atoms with Crippen LogP contribution in [0.4, 0.5) is 0 Å². The lowest BCUT2D eigenvalue weighted by Gasteiger charge is -2.26. The normalized spacial score (nSPS) is 26.2. The van der Waals surface area contributed by atoms with Crippen LogP contribution in [-0.2, 0) is 4.79 Å². The Morgan fingerprint density at radius 3 is 2.73 bits per heavy atom. The third-order valence-electron chi connectivity index (χ3n) is 2.24. The molecule has 3 N–H and O–H groups in total. The maximum absolute atomic E-state index is 10.7. The second-order valence-corrected chi connectivity index (χ2v) is 4.70. The van der Waals surface area contributed by atoms with Crippen molar-refractivity contribution in [2.24, 2.45) is 5.73 Å². The van der Waals surface area contributed by atoms with Crippen LogP contribution in [0.5, 0.6) is 0 Å². The largest absolute Gasteiger partial charge is 0.478 e. The topological polar surface area (TPSA) is 106 Å². The molecule has 0 aromatic carbocycles. The van der Waals surface area contributed by atoms with E-state index < -0.39 is 15.3 Å². The molecule has 82 valence electrons. The minimum atomic E-state index is -1.20. The summed E-state index contributed by atoms with van der Waals surface area (Å²) in [6.07, 6.45) is 1.07. The average Bonchev–Trinajstić information content (AvgIpc) is 2.08. The fourth-order valence-electron chi connectivity index (χ4n) is 1.27. The quantitative estimate of drug-likeness (QED) is 0.339. The van der Waals surface area contributed by atoms with E-state index in [0.29, 0.717) is 5.57 Å². The lowest BCUT2D eigenvalue weighted by molar-refractivity contribution is -0.420. The van der Waals surface area contributed by atoms with Gasteiger partial charge in [-0.05, 0) is 6.92 Å². The molecule has 0 heterocycles. The molecule has 6 nitrogen and oxygen atoms in total. The van der Waals surface area contributed by atoms with E-state index in [0.717, 1.165) is 6.08 Å². The second kappa shape index (κ2) is 3.74. The van der Waals surface area contributed by atoms with Gasteiger partial charge in [-0.3, -0.25) is 10.1 Å². The van der Waals surface area contributed by atoms with E-state index in [2.05, 4.69) is 15.9 Å². The summed E-state index contributed by atoms with van der Waals surface area (Å²) in [5.74, 6) is -1.20. The van der Waals surface area contributed by atoms with Crippen LogP contribution < -0.4 is 5.73 Å². The molecule has 7 heteroatoms. The molecule has 0 aliphatic heterocycles. The smallest absolute Gasteiger partial charge is 0.331 e. The van der Waals surface area contributed by atoms with Gasteiger partial charge in [-0.2, -0.15) is 0 Å². The maximum Gasteiger partial charge on any atom is 0.331 e. The number of halogens is 1. The van der Waals surface area contributed by atoms with E-state index in [1.807, 2.05) is 0 Å². The van der Waals surface area contributed by atoms with E-state index in [4.69, 9.17) is 10.8 Å². The summed E-state index contributed by atoms with van der Waals surface area (Å²) in [5.41, 5.74) is 5.70. The standard InChI is InChI=1S/C8H9BrN2O4/c1-4-6(11(14)15)2-5(7(12)13)3-8(4,9)10/h2H,3,10H2,1H3,(H,12,13). The second-order valence-electron chi connectivity index (χ2n) is 3.28. The molecule has 0 aromatic heterocycles. The van der Waals surface area contributed by atoms with Crippen LogP contribution in [0.1, 0.15) is 13.3 Å². The number of alkyl halides is 1. The van der Waals surface area contributed by atoms with Crippen molar-refractivity contribution < 1.29 is 14.8 Å². The summed E-state index contributed by atoms with van der Waals surface area (Å²) in [6, 6.07) is 0. The molecule has 0 fully saturated rings. The van der Waals surface area contributed by atoms with Gasteiger partial charge in [-0.15, -0.1) is 0 Å². The summed E-state index contributed by atoms with van der Waals surface area (Å²) in [6.45, 7) is 1.50. The van der Waals surface area contributed by atoms with Crippen molar-refractivity contribution in [1.82, 2.24) is 0 Å². The van der Waals surface area contributed by atoms with Gasteiger partial charge in [0.1, 0.15) is 4.45 Å². The number of carboxylic acids is 1. The number of nitrogens with zero attached hydrogens (tertiary/aromatic N) is 1. The van der Waals surface area contributed by atoms with E-state index >= 15 is 0 Å². The number of rotatable bonds is 2. The van der Waals surface area contributed by atoms with Crippen LogP contribution >= 0.6 is 15.9 Å². The van der Waals surface area contributed by atoms with Crippen LogP contribution in [0.15, 0.2) is 22.9 Å². The average molecular weight is 277 g/mol. The molecule has 0 amide bonds. The fraction of sp³-hybridized carbons (Fsp3) is 0.375. The highest BCUT2D eigenvalue weighted by molar-refractivity contribution is 9.10.